The Bertz CT molecular complexity index is 442. The number of hydrogen-bond donors (Lipinski definition) is 2. The Kier molecular flexibility index (Phi) is 4.77. The van der Waals surface area contributed by atoms with Crippen LogP contribution < -0.4 is 10.0 Å². The normalized spacial score (nSPS) is 11.4. The highest BCUT2D eigenvalue weighted by Gasteiger charge is 2.17. The van der Waals surface area contributed by atoms with Crippen LogP contribution in [0.25, 0.3) is 0 Å². The maximum absolute atomic E-state index is 11.9. The predicted molar refractivity (Wildman–Crippen MR) is 68.6 cm³/mol. The summed E-state index contributed by atoms with van der Waals surface area (Å²) in [7, 11) is -1.80. The van der Waals surface area contributed by atoms with E-state index in [9.17, 15) is 8.42 Å². The van der Waals surface area contributed by atoms with Gasteiger partial charge >= 0.3 is 0 Å². The van der Waals surface area contributed by atoms with Gasteiger partial charge in [0.25, 0.3) is 0 Å². The number of aromatic hydroxyl groups is 1. The summed E-state index contributed by atoms with van der Waals surface area (Å²) in [5.41, 5.74) is 5.86. The molecular formula is C11H18N2O3S. The zero-order chi connectivity index (χ0) is 12.9. The first-order valence-corrected chi connectivity index (χ1v) is 7.04. The molecule has 0 aliphatic carbocycles. The topological polar surface area (TPSA) is 83.6 Å². The Morgan fingerprint density at radius 2 is 1.82 bits per heavy atom. The molecule has 0 spiro atoms. The van der Waals surface area contributed by atoms with Gasteiger partial charge in [0.05, 0.1) is 11.4 Å². The highest BCUT2D eigenvalue weighted by Crippen LogP contribution is 2.20. The number of phenols is 1. The average molecular weight is 258 g/mol. The fraction of sp³-hybridized carbons (Fsp3) is 0.455. The summed E-state index contributed by atoms with van der Waals surface area (Å²) in [4.78, 5) is 0. The minimum absolute atomic E-state index is 0.0849. The lowest BCUT2D eigenvalue weighted by Crippen LogP contribution is -2.29. The van der Waals surface area contributed by atoms with Crippen molar-refractivity contribution in [2.75, 3.05) is 23.7 Å². The zero-order valence-electron chi connectivity index (χ0n) is 9.83. The third-order valence-corrected chi connectivity index (χ3v) is 4.34. The second kappa shape index (κ2) is 5.88. The van der Waals surface area contributed by atoms with Gasteiger partial charge in [0.15, 0.2) is 0 Å². The van der Waals surface area contributed by atoms with E-state index in [-0.39, 0.29) is 11.5 Å². The van der Waals surface area contributed by atoms with E-state index in [0.717, 1.165) is 0 Å². The van der Waals surface area contributed by atoms with Gasteiger partial charge in [-0.2, -0.15) is 0 Å². The summed E-state index contributed by atoms with van der Waals surface area (Å²) in [5.74, 6) is 0.198. The van der Waals surface area contributed by atoms with Crippen LogP contribution in [0.4, 0.5) is 5.69 Å². The van der Waals surface area contributed by atoms with Crippen LogP contribution in [0.3, 0.4) is 0 Å². The van der Waals surface area contributed by atoms with Crippen molar-refractivity contribution in [1.29, 1.82) is 0 Å². The Labute approximate surface area is 102 Å². The average Bonchev–Trinajstić information content (AvgIpc) is 2.29. The summed E-state index contributed by atoms with van der Waals surface area (Å²) in [6, 6.07) is 6.05. The quantitative estimate of drug-likeness (QED) is 0.742. The third-order valence-electron chi connectivity index (χ3n) is 2.49. The van der Waals surface area contributed by atoms with Crippen LogP contribution in [-0.2, 0) is 10.0 Å². The van der Waals surface area contributed by atoms with Crippen LogP contribution >= 0.6 is 0 Å². The minimum atomic E-state index is -3.30. The van der Waals surface area contributed by atoms with Crippen molar-refractivity contribution < 1.29 is 13.5 Å². The maximum atomic E-state index is 11.9. The van der Waals surface area contributed by atoms with Crippen LogP contribution in [-0.4, -0.2) is 32.9 Å². The van der Waals surface area contributed by atoms with Crippen molar-refractivity contribution in [2.45, 2.75) is 12.8 Å². The maximum Gasteiger partial charge on any atom is 0.234 e. The van der Waals surface area contributed by atoms with Crippen molar-refractivity contribution >= 4 is 15.7 Å². The van der Waals surface area contributed by atoms with Crippen LogP contribution in [0.15, 0.2) is 24.3 Å². The number of benzene rings is 1. The Morgan fingerprint density at radius 3 is 2.35 bits per heavy atom. The number of nitrogens with two attached hydrogens (primary N) is 1. The van der Waals surface area contributed by atoms with Gasteiger partial charge in [0.1, 0.15) is 5.75 Å². The van der Waals surface area contributed by atoms with E-state index >= 15 is 0 Å². The number of hydrogen-bond acceptors (Lipinski definition) is 4. The number of unbranched alkanes of at least 4 members (excludes halogenated alkanes) is 1. The first kappa shape index (κ1) is 13.8. The van der Waals surface area contributed by atoms with E-state index in [0.29, 0.717) is 25.1 Å². The molecule has 3 N–H and O–H groups in total. The highest BCUT2D eigenvalue weighted by atomic mass is 32.2. The van der Waals surface area contributed by atoms with Crippen molar-refractivity contribution in [2.24, 2.45) is 5.73 Å². The molecule has 1 aromatic carbocycles. The molecule has 5 nitrogen and oxygen atoms in total. The molecule has 1 aromatic rings. The van der Waals surface area contributed by atoms with Crippen LogP contribution in [0.2, 0.25) is 0 Å². The molecule has 1 rings (SSSR count). The van der Waals surface area contributed by atoms with E-state index < -0.39 is 10.0 Å². The molecule has 0 unspecified atom stereocenters. The molecular weight excluding hydrogens is 240 g/mol. The summed E-state index contributed by atoms with van der Waals surface area (Å²) in [6.07, 6.45) is 1.25. The van der Waals surface area contributed by atoms with E-state index in [4.69, 9.17) is 10.8 Å². The third kappa shape index (κ3) is 3.90. The molecule has 0 radical (unpaired) electrons. The number of anilines is 1. The first-order chi connectivity index (χ1) is 7.97. The Balaban J connectivity index is 2.74. The second-order valence-electron chi connectivity index (χ2n) is 3.80. The van der Waals surface area contributed by atoms with Crippen LogP contribution in [0.5, 0.6) is 5.75 Å². The molecule has 0 bridgehead atoms. The summed E-state index contributed by atoms with van der Waals surface area (Å²) in [5, 5.41) is 9.13. The Hall–Kier alpha value is -1.27. The molecule has 0 aliphatic heterocycles. The van der Waals surface area contributed by atoms with Gasteiger partial charge < -0.3 is 10.8 Å². The monoisotopic (exact) mass is 258 g/mol. The lowest BCUT2D eigenvalue weighted by atomic mass is 10.3. The molecule has 0 aliphatic rings. The van der Waals surface area contributed by atoms with E-state index in [1.54, 1.807) is 12.1 Å². The minimum Gasteiger partial charge on any atom is -0.508 e. The lowest BCUT2D eigenvalue weighted by Gasteiger charge is -2.19. The molecule has 6 heteroatoms. The molecule has 17 heavy (non-hydrogen) atoms. The number of rotatable bonds is 6. The van der Waals surface area contributed by atoms with E-state index in [1.807, 2.05) is 0 Å². The van der Waals surface area contributed by atoms with Crippen molar-refractivity contribution in [3.05, 3.63) is 24.3 Å². The van der Waals surface area contributed by atoms with Crippen molar-refractivity contribution in [3.8, 4) is 5.75 Å². The van der Waals surface area contributed by atoms with Gasteiger partial charge in [0, 0.05) is 7.05 Å². The van der Waals surface area contributed by atoms with Crippen LogP contribution in [0, 0.1) is 0 Å². The van der Waals surface area contributed by atoms with Gasteiger partial charge in [-0.1, -0.05) is 0 Å². The lowest BCUT2D eigenvalue weighted by molar-refractivity contribution is 0.475. The van der Waals surface area contributed by atoms with Gasteiger partial charge in [-0.15, -0.1) is 0 Å². The summed E-state index contributed by atoms with van der Waals surface area (Å²) >= 11 is 0. The molecule has 0 fully saturated rings. The van der Waals surface area contributed by atoms with Gasteiger partial charge in [-0.3, -0.25) is 4.31 Å². The van der Waals surface area contributed by atoms with Gasteiger partial charge in [-0.05, 0) is 43.7 Å². The van der Waals surface area contributed by atoms with Gasteiger partial charge in [0.2, 0.25) is 10.0 Å². The van der Waals surface area contributed by atoms with E-state index in [1.165, 1.54) is 23.5 Å². The number of phenolic OH excluding ortho intramolecular Hbond substituents is 1. The largest absolute Gasteiger partial charge is 0.508 e. The number of nitrogens with zero attached hydrogens (tertiary/aromatic N) is 1. The SMILES string of the molecule is CN(c1ccc(O)cc1)S(=O)(=O)CCCCN. The molecule has 0 aromatic heterocycles. The molecule has 96 valence electrons. The number of sulfonamides is 1. The van der Waals surface area contributed by atoms with E-state index in [2.05, 4.69) is 0 Å². The summed E-state index contributed by atoms with van der Waals surface area (Å²) in [6.45, 7) is 0.498. The van der Waals surface area contributed by atoms with Crippen molar-refractivity contribution in [3.63, 3.8) is 0 Å². The zero-order valence-corrected chi connectivity index (χ0v) is 10.7. The van der Waals surface area contributed by atoms with Crippen molar-refractivity contribution in [1.82, 2.24) is 0 Å². The van der Waals surface area contributed by atoms with Gasteiger partial charge in [-0.25, -0.2) is 8.42 Å². The highest BCUT2D eigenvalue weighted by molar-refractivity contribution is 7.92. The molecule has 0 heterocycles. The molecule has 0 amide bonds. The summed E-state index contributed by atoms with van der Waals surface area (Å²) < 4.78 is 25.1. The molecule has 0 saturated carbocycles. The first-order valence-electron chi connectivity index (χ1n) is 5.43. The Morgan fingerprint density at radius 1 is 1.24 bits per heavy atom. The fourth-order valence-corrected chi connectivity index (χ4v) is 2.67. The molecule has 0 atom stereocenters. The smallest absolute Gasteiger partial charge is 0.234 e. The standard InChI is InChI=1S/C11H18N2O3S/c1-13(10-4-6-11(14)7-5-10)17(15,16)9-3-2-8-12/h4-7,14H,2-3,8-9,12H2,1H3. The predicted octanol–water partition coefficient (Wildman–Crippen LogP) is 0.897. The van der Waals surface area contributed by atoms with Crippen LogP contribution in [0.1, 0.15) is 12.8 Å². The second-order valence-corrected chi connectivity index (χ2v) is 5.92. The fourth-order valence-electron chi connectivity index (χ4n) is 1.39. The molecule has 0 saturated heterocycles.